The van der Waals surface area contributed by atoms with Gasteiger partial charge in [-0.25, -0.2) is 4.79 Å². The predicted molar refractivity (Wildman–Crippen MR) is 92.0 cm³/mol. The number of hydrogen-bond acceptors (Lipinski definition) is 5. The topological polar surface area (TPSA) is 78.9 Å². The Morgan fingerprint density at radius 1 is 1.38 bits per heavy atom. The van der Waals surface area contributed by atoms with E-state index in [2.05, 4.69) is 15.9 Å². The van der Waals surface area contributed by atoms with Crippen LogP contribution in [0, 0.1) is 0 Å². The van der Waals surface area contributed by atoms with Crippen molar-refractivity contribution in [3.63, 3.8) is 0 Å². The standard InChI is InChI=1S/C16H18BrNO5S/c1-9(22-10-7-5-4-6-8-10)23-15(20)12-16(2,3)24(21)14-11(17)13(19)18(12)14/h4-9,11-12,14H,1-3H3/t9?,11-,12+,14-,24?/m1/s1. The molecule has 8 heteroatoms. The Balaban J connectivity index is 1.71. The lowest BCUT2D eigenvalue weighted by atomic mass is 9.98. The highest BCUT2D eigenvalue weighted by Crippen LogP contribution is 2.48. The molecule has 3 rings (SSSR count). The zero-order valence-corrected chi connectivity index (χ0v) is 15.9. The van der Waals surface area contributed by atoms with E-state index in [1.54, 1.807) is 32.9 Å². The zero-order valence-electron chi connectivity index (χ0n) is 13.5. The van der Waals surface area contributed by atoms with Gasteiger partial charge in [-0.05, 0) is 37.2 Å². The van der Waals surface area contributed by atoms with E-state index in [4.69, 9.17) is 9.47 Å². The SMILES string of the molecule is CC(OC(=O)[C@@H]1N2C(=O)[C@@H](Br)[C@H]2[S+]([O-])C1(C)C)Oc1ccccc1. The Kier molecular flexibility index (Phi) is 4.57. The summed E-state index contributed by atoms with van der Waals surface area (Å²) in [6, 6.07) is 8.10. The lowest BCUT2D eigenvalue weighted by Crippen LogP contribution is -2.64. The van der Waals surface area contributed by atoms with Gasteiger partial charge >= 0.3 is 5.97 Å². The summed E-state index contributed by atoms with van der Waals surface area (Å²) in [5.74, 6) is -0.268. The highest BCUT2D eigenvalue weighted by molar-refractivity contribution is 9.10. The monoisotopic (exact) mass is 415 g/mol. The number of halogens is 1. The molecule has 1 aromatic rings. The van der Waals surface area contributed by atoms with Crippen LogP contribution in [-0.4, -0.2) is 48.6 Å². The molecule has 2 aliphatic rings. The minimum atomic E-state index is -1.36. The van der Waals surface area contributed by atoms with Crippen LogP contribution in [0.15, 0.2) is 30.3 Å². The van der Waals surface area contributed by atoms with Gasteiger partial charge in [0.2, 0.25) is 17.6 Å². The summed E-state index contributed by atoms with van der Waals surface area (Å²) in [7, 11) is 0. The number of carbonyl (C=O) groups is 2. The molecular weight excluding hydrogens is 398 g/mol. The fraction of sp³-hybridized carbons (Fsp3) is 0.500. The first-order valence-corrected chi connectivity index (χ1v) is 9.67. The van der Waals surface area contributed by atoms with Crippen molar-refractivity contribution < 1.29 is 23.6 Å². The number of esters is 1. The largest absolute Gasteiger partial charge is 0.614 e. The van der Waals surface area contributed by atoms with Crippen LogP contribution in [0.4, 0.5) is 0 Å². The Morgan fingerprint density at radius 2 is 2.00 bits per heavy atom. The lowest BCUT2D eigenvalue weighted by Gasteiger charge is -2.38. The summed E-state index contributed by atoms with van der Waals surface area (Å²) in [5, 5.41) is -0.490. The number of fused-ring (bicyclic) bond motifs is 1. The van der Waals surface area contributed by atoms with E-state index in [0.717, 1.165) is 0 Å². The molecule has 2 saturated heterocycles. The average Bonchev–Trinajstić information content (AvgIpc) is 2.72. The molecule has 0 N–H and O–H groups in total. The van der Waals surface area contributed by atoms with Gasteiger partial charge in [0.25, 0.3) is 0 Å². The van der Waals surface area contributed by atoms with Crippen LogP contribution in [0.25, 0.3) is 0 Å². The van der Waals surface area contributed by atoms with Crippen LogP contribution in [0.5, 0.6) is 5.75 Å². The highest BCUT2D eigenvalue weighted by atomic mass is 79.9. The molecule has 0 aliphatic carbocycles. The molecule has 1 amide bonds. The number of para-hydroxylation sites is 1. The van der Waals surface area contributed by atoms with Gasteiger partial charge in [0, 0.05) is 6.92 Å². The van der Waals surface area contributed by atoms with Gasteiger partial charge in [0.1, 0.15) is 5.75 Å². The number of nitrogens with zero attached hydrogens (tertiary/aromatic N) is 1. The molecule has 0 saturated carbocycles. The van der Waals surface area contributed by atoms with Gasteiger partial charge in [0.15, 0.2) is 15.6 Å². The average molecular weight is 416 g/mol. The molecule has 24 heavy (non-hydrogen) atoms. The van der Waals surface area contributed by atoms with Crippen molar-refractivity contribution in [1.29, 1.82) is 0 Å². The van der Waals surface area contributed by atoms with Gasteiger partial charge in [-0.3, -0.25) is 9.69 Å². The summed E-state index contributed by atoms with van der Waals surface area (Å²) in [5.41, 5.74) is 0. The van der Waals surface area contributed by atoms with Gasteiger partial charge in [0.05, 0.1) is 0 Å². The Morgan fingerprint density at radius 3 is 2.62 bits per heavy atom. The summed E-state index contributed by atoms with van der Waals surface area (Å²) >= 11 is 1.88. The van der Waals surface area contributed by atoms with E-state index in [-0.39, 0.29) is 5.91 Å². The van der Waals surface area contributed by atoms with Crippen LogP contribution in [0.3, 0.4) is 0 Å². The molecule has 0 spiro atoms. The smallest absolute Gasteiger partial charge is 0.337 e. The molecule has 6 nitrogen and oxygen atoms in total. The van der Waals surface area contributed by atoms with Crippen molar-refractivity contribution in [3.8, 4) is 5.75 Å². The van der Waals surface area contributed by atoms with E-state index < -0.39 is 44.4 Å². The van der Waals surface area contributed by atoms with E-state index >= 15 is 0 Å². The van der Waals surface area contributed by atoms with Crippen molar-refractivity contribution in [1.82, 2.24) is 4.90 Å². The van der Waals surface area contributed by atoms with Crippen LogP contribution < -0.4 is 4.74 Å². The number of rotatable bonds is 4. The zero-order chi connectivity index (χ0) is 17.6. The molecule has 5 atom stereocenters. The summed E-state index contributed by atoms with van der Waals surface area (Å²) in [6.45, 7) is 5.03. The predicted octanol–water partition coefficient (Wildman–Crippen LogP) is 1.80. The molecule has 2 aliphatic heterocycles. The first-order chi connectivity index (χ1) is 11.2. The van der Waals surface area contributed by atoms with E-state index in [0.29, 0.717) is 5.75 Å². The fourth-order valence-corrected chi connectivity index (χ4v) is 5.93. The molecule has 2 heterocycles. The van der Waals surface area contributed by atoms with E-state index in [1.807, 2.05) is 18.2 Å². The summed E-state index contributed by atoms with van der Waals surface area (Å²) in [6.07, 6.45) is -0.820. The second-order valence-corrected chi connectivity index (χ2v) is 9.39. The molecular formula is C16H18BrNO5S. The minimum Gasteiger partial charge on any atom is -0.614 e. The highest BCUT2D eigenvalue weighted by Gasteiger charge is 2.72. The maximum absolute atomic E-state index is 12.6. The van der Waals surface area contributed by atoms with Crippen LogP contribution in [0.1, 0.15) is 20.8 Å². The van der Waals surface area contributed by atoms with Crippen molar-refractivity contribution in [3.05, 3.63) is 30.3 Å². The first-order valence-electron chi connectivity index (χ1n) is 7.54. The number of benzene rings is 1. The van der Waals surface area contributed by atoms with E-state index in [1.165, 1.54) is 4.90 Å². The number of hydrogen-bond donors (Lipinski definition) is 0. The molecule has 0 bridgehead atoms. The Hall–Kier alpha value is -1.25. The molecule has 130 valence electrons. The lowest BCUT2D eigenvalue weighted by molar-refractivity contribution is -0.173. The van der Waals surface area contributed by atoms with Crippen molar-refractivity contribution in [2.45, 2.75) is 48.1 Å². The Labute approximate surface area is 151 Å². The third-order valence-electron chi connectivity index (χ3n) is 4.24. The van der Waals surface area contributed by atoms with E-state index in [9.17, 15) is 14.1 Å². The van der Waals surface area contributed by atoms with Crippen LogP contribution in [-0.2, 0) is 25.5 Å². The summed E-state index contributed by atoms with van der Waals surface area (Å²) in [4.78, 5) is 25.5. The molecule has 1 aromatic carbocycles. The van der Waals surface area contributed by atoms with Gasteiger partial charge in [-0.2, -0.15) is 0 Å². The third-order valence-corrected chi connectivity index (χ3v) is 7.68. The fourth-order valence-electron chi connectivity index (χ4n) is 3.03. The molecule has 0 radical (unpaired) electrons. The molecule has 2 unspecified atom stereocenters. The van der Waals surface area contributed by atoms with Gasteiger partial charge in [-0.1, -0.05) is 34.1 Å². The second-order valence-electron chi connectivity index (χ2n) is 6.28. The van der Waals surface area contributed by atoms with Gasteiger partial charge < -0.3 is 14.0 Å². The molecule has 0 aromatic heterocycles. The Bertz CT molecular complexity index is 655. The maximum atomic E-state index is 12.6. The quantitative estimate of drug-likeness (QED) is 0.246. The first kappa shape index (κ1) is 17.6. The number of alkyl halides is 1. The number of β-lactam (4-membered cyclic amide) rings is 1. The summed E-state index contributed by atoms with van der Waals surface area (Å²) < 4.78 is 22.6. The number of ether oxygens (including phenoxy) is 2. The second kappa shape index (κ2) is 6.24. The number of carbonyl (C=O) groups excluding carboxylic acids is 2. The van der Waals surface area contributed by atoms with Crippen LogP contribution >= 0.6 is 15.9 Å². The van der Waals surface area contributed by atoms with Crippen molar-refractivity contribution >= 4 is 39.0 Å². The van der Waals surface area contributed by atoms with Crippen LogP contribution in [0.2, 0.25) is 0 Å². The van der Waals surface area contributed by atoms with Crippen molar-refractivity contribution in [2.24, 2.45) is 0 Å². The normalized spacial score (nSPS) is 31.9. The minimum absolute atomic E-state index is 0.238. The third kappa shape index (κ3) is 2.70. The molecule has 2 fully saturated rings. The van der Waals surface area contributed by atoms with Crippen molar-refractivity contribution in [2.75, 3.05) is 0 Å². The maximum Gasteiger partial charge on any atom is 0.337 e. The van der Waals surface area contributed by atoms with Gasteiger partial charge in [-0.15, -0.1) is 0 Å². The number of amides is 1.